The lowest BCUT2D eigenvalue weighted by Gasteiger charge is -2.07. The van der Waals surface area contributed by atoms with Gasteiger partial charge in [0, 0.05) is 11.4 Å². The van der Waals surface area contributed by atoms with E-state index in [2.05, 4.69) is 18.9 Å². The zero-order valence-corrected chi connectivity index (χ0v) is 9.99. The van der Waals surface area contributed by atoms with Gasteiger partial charge in [-0.15, -0.1) is 0 Å². The van der Waals surface area contributed by atoms with Crippen LogP contribution in [-0.2, 0) is 6.54 Å². The molecule has 1 heterocycles. The number of hydrogen-bond acceptors (Lipinski definition) is 2. The molecule has 1 aromatic carbocycles. The molecule has 3 heteroatoms. The maximum absolute atomic E-state index is 5.92. The molecule has 2 N–H and O–H groups in total. The Morgan fingerprint density at radius 2 is 1.88 bits per heavy atom. The molecule has 0 aliphatic rings. The minimum atomic E-state index is 0.743. The van der Waals surface area contributed by atoms with Gasteiger partial charge in [-0.05, 0) is 38.0 Å². The second-order valence-corrected chi connectivity index (χ2v) is 4.15. The fourth-order valence-corrected chi connectivity index (χ4v) is 1.78. The molecule has 0 atom stereocenters. The van der Waals surface area contributed by atoms with Crippen LogP contribution in [0.25, 0.3) is 0 Å². The van der Waals surface area contributed by atoms with Gasteiger partial charge in [0.2, 0.25) is 0 Å². The highest BCUT2D eigenvalue weighted by Gasteiger charge is 2.08. The summed E-state index contributed by atoms with van der Waals surface area (Å²) < 4.78 is 2.01. The highest BCUT2D eigenvalue weighted by molar-refractivity contribution is 5.46. The zero-order chi connectivity index (χ0) is 11.7. The van der Waals surface area contributed by atoms with Gasteiger partial charge in [-0.25, -0.2) is 0 Å². The number of nitrogens with two attached hydrogens (primary N) is 1. The average Bonchev–Trinajstić information content (AvgIpc) is 2.50. The summed E-state index contributed by atoms with van der Waals surface area (Å²) in [6.45, 7) is 6.97. The van der Waals surface area contributed by atoms with Crippen LogP contribution in [0.2, 0.25) is 0 Å². The quantitative estimate of drug-likeness (QED) is 0.782. The van der Waals surface area contributed by atoms with Crippen molar-refractivity contribution in [2.75, 3.05) is 5.73 Å². The van der Waals surface area contributed by atoms with E-state index in [0.29, 0.717) is 0 Å². The van der Waals surface area contributed by atoms with Crippen LogP contribution >= 0.6 is 0 Å². The van der Waals surface area contributed by atoms with Crippen LogP contribution in [0.4, 0.5) is 5.69 Å². The highest BCUT2D eigenvalue weighted by Crippen LogP contribution is 2.16. The molecular formula is C13H17N3. The average molecular weight is 215 g/mol. The van der Waals surface area contributed by atoms with Crippen molar-refractivity contribution in [2.45, 2.75) is 27.3 Å². The van der Waals surface area contributed by atoms with Crippen molar-refractivity contribution < 1.29 is 0 Å². The summed E-state index contributed by atoms with van der Waals surface area (Å²) >= 11 is 0. The lowest BCUT2D eigenvalue weighted by Crippen LogP contribution is -2.06. The van der Waals surface area contributed by atoms with Crippen molar-refractivity contribution in [1.29, 1.82) is 0 Å². The smallest absolute Gasteiger partial charge is 0.0682 e. The Kier molecular flexibility index (Phi) is 2.69. The molecule has 84 valence electrons. The first-order chi connectivity index (χ1) is 7.59. The fourth-order valence-electron chi connectivity index (χ4n) is 1.78. The van der Waals surface area contributed by atoms with Gasteiger partial charge in [-0.3, -0.25) is 4.68 Å². The summed E-state index contributed by atoms with van der Waals surface area (Å²) in [6.07, 6.45) is 0. The number of aromatic nitrogens is 2. The number of nitrogen functional groups attached to an aromatic ring is 1. The van der Waals surface area contributed by atoms with Crippen LogP contribution in [0.15, 0.2) is 24.3 Å². The Morgan fingerprint density at radius 3 is 2.44 bits per heavy atom. The SMILES string of the molecule is Cc1nn(Cc2ccccc2N)c(C)c1C. The van der Waals surface area contributed by atoms with Gasteiger partial charge in [0.05, 0.1) is 12.2 Å². The van der Waals surface area contributed by atoms with Crippen LogP contribution < -0.4 is 5.73 Å². The lowest BCUT2D eigenvalue weighted by molar-refractivity contribution is 0.659. The van der Waals surface area contributed by atoms with Crippen molar-refractivity contribution in [3.63, 3.8) is 0 Å². The first-order valence-corrected chi connectivity index (χ1v) is 5.43. The van der Waals surface area contributed by atoms with Gasteiger partial charge in [0.15, 0.2) is 0 Å². The number of aryl methyl sites for hydroxylation is 1. The van der Waals surface area contributed by atoms with Gasteiger partial charge in [0.25, 0.3) is 0 Å². The van der Waals surface area contributed by atoms with E-state index in [9.17, 15) is 0 Å². The van der Waals surface area contributed by atoms with E-state index < -0.39 is 0 Å². The van der Waals surface area contributed by atoms with E-state index in [0.717, 1.165) is 23.5 Å². The molecule has 0 bridgehead atoms. The first-order valence-electron chi connectivity index (χ1n) is 5.43. The molecule has 2 aromatic rings. The Labute approximate surface area is 95.9 Å². The summed E-state index contributed by atoms with van der Waals surface area (Å²) in [5, 5.41) is 4.51. The molecule has 3 nitrogen and oxygen atoms in total. The highest BCUT2D eigenvalue weighted by atomic mass is 15.3. The summed E-state index contributed by atoms with van der Waals surface area (Å²) in [5.74, 6) is 0. The molecule has 1 aromatic heterocycles. The number of hydrogen-bond donors (Lipinski definition) is 1. The van der Waals surface area contributed by atoms with Crippen molar-refractivity contribution in [3.05, 3.63) is 46.8 Å². The van der Waals surface area contributed by atoms with Gasteiger partial charge in [-0.1, -0.05) is 18.2 Å². The van der Waals surface area contributed by atoms with E-state index in [1.807, 2.05) is 35.9 Å². The Balaban J connectivity index is 2.34. The first kappa shape index (κ1) is 10.7. The topological polar surface area (TPSA) is 43.8 Å². The van der Waals surface area contributed by atoms with Gasteiger partial charge >= 0.3 is 0 Å². The molecule has 0 saturated carbocycles. The van der Waals surface area contributed by atoms with Crippen LogP contribution in [-0.4, -0.2) is 9.78 Å². The number of anilines is 1. The number of nitrogens with zero attached hydrogens (tertiary/aromatic N) is 2. The Bertz CT molecular complexity index is 512. The molecule has 2 rings (SSSR count). The van der Waals surface area contributed by atoms with E-state index in [1.54, 1.807) is 0 Å². The summed E-state index contributed by atoms with van der Waals surface area (Å²) in [6, 6.07) is 7.92. The Hall–Kier alpha value is -1.77. The van der Waals surface area contributed by atoms with E-state index >= 15 is 0 Å². The molecule has 0 amide bonds. The maximum Gasteiger partial charge on any atom is 0.0682 e. The molecule has 0 saturated heterocycles. The van der Waals surface area contributed by atoms with Crippen molar-refractivity contribution in [3.8, 4) is 0 Å². The van der Waals surface area contributed by atoms with E-state index in [1.165, 1.54) is 11.3 Å². The van der Waals surface area contributed by atoms with Gasteiger partial charge < -0.3 is 5.73 Å². The van der Waals surface area contributed by atoms with Crippen LogP contribution in [0.3, 0.4) is 0 Å². The monoisotopic (exact) mass is 215 g/mol. The Morgan fingerprint density at radius 1 is 1.19 bits per heavy atom. The third kappa shape index (κ3) is 1.81. The number of benzene rings is 1. The van der Waals surface area contributed by atoms with E-state index in [-0.39, 0.29) is 0 Å². The minimum Gasteiger partial charge on any atom is -0.398 e. The molecule has 0 radical (unpaired) electrons. The van der Waals surface area contributed by atoms with E-state index in [4.69, 9.17) is 5.73 Å². The molecule has 0 fully saturated rings. The largest absolute Gasteiger partial charge is 0.398 e. The normalized spacial score (nSPS) is 10.7. The lowest BCUT2D eigenvalue weighted by atomic mass is 10.2. The maximum atomic E-state index is 5.92. The number of para-hydroxylation sites is 1. The van der Waals surface area contributed by atoms with Crippen LogP contribution in [0.1, 0.15) is 22.5 Å². The van der Waals surface area contributed by atoms with Crippen LogP contribution in [0.5, 0.6) is 0 Å². The number of rotatable bonds is 2. The second-order valence-electron chi connectivity index (χ2n) is 4.15. The summed E-state index contributed by atoms with van der Waals surface area (Å²) in [7, 11) is 0. The second kappa shape index (κ2) is 4.00. The predicted octanol–water partition coefficient (Wildman–Crippen LogP) is 2.44. The molecular weight excluding hydrogens is 198 g/mol. The minimum absolute atomic E-state index is 0.743. The van der Waals surface area contributed by atoms with Crippen molar-refractivity contribution in [2.24, 2.45) is 0 Å². The van der Waals surface area contributed by atoms with Crippen LogP contribution in [0, 0.1) is 20.8 Å². The fraction of sp³-hybridized carbons (Fsp3) is 0.308. The standard InChI is InChI=1S/C13H17N3/c1-9-10(2)15-16(11(9)3)8-12-6-4-5-7-13(12)14/h4-7H,8,14H2,1-3H3. The molecule has 16 heavy (non-hydrogen) atoms. The third-order valence-corrected chi connectivity index (χ3v) is 3.12. The zero-order valence-electron chi connectivity index (χ0n) is 9.99. The summed E-state index contributed by atoms with van der Waals surface area (Å²) in [4.78, 5) is 0. The molecule has 0 unspecified atom stereocenters. The molecule has 0 aliphatic heterocycles. The van der Waals surface area contributed by atoms with Gasteiger partial charge in [0.1, 0.15) is 0 Å². The van der Waals surface area contributed by atoms with Crippen molar-refractivity contribution >= 4 is 5.69 Å². The van der Waals surface area contributed by atoms with Crippen molar-refractivity contribution in [1.82, 2.24) is 9.78 Å². The molecule has 0 spiro atoms. The summed E-state index contributed by atoms with van der Waals surface area (Å²) in [5.41, 5.74) is 11.4. The predicted molar refractivity (Wildman–Crippen MR) is 66.4 cm³/mol. The molecule has 0 aliphatic carbocycles. The third-order valence-electron chi connectivity index (χ3n) is 3.12. The van der Waals surface area contributed by atoms with Gasteiger partial charge in [-0.2, -0.15) is 5.10 Å².